The number of rotatable bonds is 4. The van der Waals surface area contributed by atoms with Gasteiger partial charge < -0.3 is 14.1 Å². The third-order valence-electron chi connectivity index (χ3n) is 9.85. The minimum Gasteiger partial charge on any atom is -0.507 e. The second kappa shape index (κ2) is 11.4. The number of phenols is 1. The number of para-hydroxylation sites is 2. The summed E-state index contributed by atoms with van der Waals surface area (Å²) < 4.78 is 8.20. The van der Waals surface area contributed by atoms with Crippen molar-refractivity contribution in [1.82, 2.24) is 14.5 Å². The molecule has 0 saturated heterocycles. The molecule has 3 aromatic heterocycles. The molecule has 0 amide bonds. The van der Waals surface area contributed by atoms with E-state index in [1.165, 1.54) is 0 Å². The second-order valence-corrected chi connectivity index (χ2v) is 15.4. The van der Waals surface area contributed by atoms with Gasteiger partial charge in [0.25, 0.3) is 0 Å². The largest absolute Gasteiger partial charge is 0.507 e. The first kappa shape index (κ1) is 31.6. The zero-order chi connectivity index (χ0) is 34.9. The van der Waals surface area contributed by atoms with E-state index in [9.17, 15) is 5.11 Å². The predicted molar refractivity (Wildman–Crippen MR) is 207 cm³/mol. The van der Waals surface area contributed by atoms with Crippen LogP contribution in [-0.4, -0.2) is 19.6 Å². The SMILES string of the molecule is Cn1c(-c2cc(C(C)(C)C)cc(C(C)(C)C)c2O)nc2c(-c3cc(-c4ccccc4)cc(-c4cc5c(cn4)oc4ccccc45)c3)cccc21. The average molecular weight is 656 g/mol. The average Bonchev–Trinajstić information content (AvgIpc) is 3.64. The molecule has 0 saturated carbocycles. The standard InChI is InChI=1S/C45H41N3O2/c1-44(2,3)31-23-35(42(49)36(24-31)45(4,5)6)43-47-41-32(17-13-18-38(41)48(43)7)29-20-28(27-14-9-8-10-15-27)21-30(22-29)37-25-34-33-16-11-12-19-39(33)50-40(34)26-46-37/h8-26,49H,1-7H3. The molecule has 0 unspecified atom stereocenters. The van der Waals surface area contributed by atoms with E-state index in [0.29, 0.717) is 0 Å². The second-order valence-electron chi connectivity index (χ2n) is 15.4. The summed E-state index contributed by atoms with van der Waals surface area (Å²) in [6.45, 7) is 13.1. The zero-order valence-electron chi connectivity index (χ0n) is 29.7. The maximum Gasteiger partial charge on any atom is 0.153 e. The van der Waals surface area contributed by atoms with Crippen molar-refractivity contribution in [2.75, 3.05) is 0 Å². The highest BCUT2D eigenvalue weighted by Gasteiger charge is 2.27. The highest BCUT2D eigenvalue weighted by atomic mass is 16.3. The molecule has 0 aliphatic heterocycles. The fraction of sp³-hybridized carbons (Fsp3) is 0.200. The van der Waals surface area contributed by atoms with Gasteiger partial charge in [-0.05, 0) is 75.5 Å². The van der Waals surface area contributed by atoms with Crippen molar-refractivity contribution in [3.63, 3.8) is 0 Å². The summed E-state index contributed by atoms with van der Waals surface area (Å²) in [5, 5.41) is 13.9. The Balaban J connectivity index is 1.35. The zero-order valence-corrected chi connectivity index (χ0v) is 29.7. The van der Waals surface area contributed by atoms with Crippen LogP contribution < -0.4 is 0 Å². The van der Waals surface area contributed by atoms with E-state index in [1.54, 1.807) is 0 Å². The van der Waals surface area contributed by atoms with Crippen molar-refractivity contribution < 1.29 is 9.52 Å². The van der Waals surface area contributed by atoms with Crippen LogP contribution in [0.5, 0.6) is 5.75 Å². The number of aromatic hydroxyl groups is 1. The fourth-order valence-corrected chi connectivity index (χ4v) is 7.02. The Morgan fingerprint density at radius 1 is 0.620 bits per heavy atom. The molecule has 248 valence electrons. The van der Waals surface area contributed by atoms with Gasteiger partial charge in [0.1, 0.15) is 17.2 Å². The number of aromatic nitrogens is 3. The fourth-order valence-electron chi connectivity index (χ4n) is 7.02. The van der Waals surface area contributed by atoms with Gasteiger partial charge in [0.15, 0.2) is 5.58 Å². The Morgan fingerprint density at radius 2 is 1.34 bits per heavy atom. The number of nitrogens with zero attached hydrogens (tertiary/aromatic N) is 3. The van der Waals surface area contributed by atoms with Crippen molar-refractivity contribution >= 4 is 33.0 Å². The summed E-state index contributed by atoms with van der Waals surface area (Å²) >= 11 is 0. The number of imidazole rings is 1. The van der Waals surface area contributed by atoms with Crippen LogP contribution in [0.1, 0.15) is 52.7 Å². The number of benzene rings is 5. The molecule has 3 heterocycles. The van der Waals surface area contributed by atoms with Gasteiger partial charge in [-0.2, -0.15) is 0 Å². The van der Waals surface area contributed by atoms with E-state index in [0.717, 1.165) is 89.0 Å². The number of phenolic OH excluding ortho intramolecular Hbond substituents is 1. The van der Waals surface area contributed by atoms with Gasteiger partial charge in [-0.15, -0.1) is 0 Å². The maximum absolute atomic E-state index is 11.8. The molecule has 0 aliphatic carbocycles. The maximum atomic E-state index is 11.8. The third kappa shape index (κ3) is 5.34. The monoisotopic (exact) mass is 655 g/mol. The van der Waals surface area contributed by atoms with Crippen LogP contribution in [0.3, 0.4) is 0 Å². The first-order valence-electron chi connectivity index (χ1n) is 17.2. The summed E-state index contributed by atoms with van der Waals surface area (Å²) in [4.78, 5) is 10.2. The molecular weight excluding hydrogens is 615 g/mol. The van der Waals surface area contributed by atoms with Crippen molar-refractivity contribution in [3.8, 4) is 50.6 Å². The smallest absolute Gasteiger partial charge is 0.153 e. The molecule has 0 aliphatic rings. The molecular formula is C45H41N3O2. The number of aryl methyl sites for hydroxylation is 1. The van der Waals surface area contributed by atoms with Crippen LogP contribution in [0.25, 0.3) is 77.9 Å². The van der Waals surface area contributed by atoms with Crippen LogP contribution in [0.2, 0.25) is 0 Å². The van der Waals surface area contributed by atoms with Crippen LogP contribution in [0.4, 0.5) is 0 Å². The van der Waals surface area contributed by atoms with Crippen LogP contribution in [0.15, 0.2) is 120 Å². The molecule has 8 rings (SSSR count). The molecule has 0 atom stereocenters. The molecule has 1 N–H and O–H groups in total. The lowest BCUT2D eigenvalue weighted by Crippen LogP contribution is -2.17. The lowest BCUT2D eigenvalue weighted by molar-refractivity contribution is 0.446. The Hall–Kier alpha value is -5.68. The Kier molecular flexibility index (Phi) is 7.23. The number of hydrogen-bond acceptors (Lipinski definition) is 4. The Bertz CT molecular complexity index is 2580. The normalized spacial score (nSPS) is 12.4. The summed E-state index contributed by atoms with van der Waals surface area (Å²) in [5.41, 5.74) is 12.1. The van der Waals surface area contributed by atoms with Crippen molar-refractivity contribution in [2.24, 2.45) is 7.05 Å². The van der Waals surface area contributed by atoms with Gasteiger partial charge in [-0.1, -0.05) is 108 Å². The van der Waals surface area contributed by atoms with Crippen molar-refractivity contribution in [3.05, 3.63) is 127 Å². The molecule has 5 aromatic carbocycles. The topological polar surface area (TPSA) is 64.1 Å². The summed E-state index contributed by atoms with van der Waals surface area (Å²) in [7, 11) is 2.04. The van der Waals surface area contributed by atoms with Crippen LogP contribution in [-0.2, 0) is 17.9 Å². The first-order chi connectivity index (χ1) is 23.9. The predicted octanol–water partition coefficient (Wildman–Crippen LogP) is 11.8. The van der Waals surface area contributed by atoms with E-state index in [1.807, 2.05) is 37.5 Å². The van der Waals surface area contributed by atoms with E-state index in [-0.39, 0.29) is 16.6 Å². The summed E-state index contributed by atoms with van der Waals surface area (Å²) in [6, 6.07) is 38.0. The third-order valence-corrected chi connectivity index (χ3v) is 9.85. The van der Waals surface area contributed by atoms with E-state index < -0.39 is 0 Å². The van der Waals surface area contributed by atoms with E-state index >= 15 is 0 Å². The van der Waals surface area contributed by atoms with Gasteiger partial charge in [0, 0.05) is 34.5 Å². The van der Waals surface area contributed by atoms with Crippen LogP contribution in [0, 0.1) is 0 Å². The molecule has 8 aromatic rings. The van der Waals surface area contributed by atoms with Gasteiger partial charge >= 0.3 is 0 Å². The number of fused-ring (bicyclic) bond motifs is 4. The lowest BCUT2D eigenvalue weighted by Gasteiger charge is -2.27. The quantitative estimate of drug-likeness (QED) is 0.205. The van der Waals surface area contributed by atoms with Gasteiger partial charge in [0.05, 0.1) is 28.5 Å². The summed E-state index contributed by atoms with van der Waals surface area (Å²) in [5.74, 6) is 1.02. The van der Waals surface area contributed by atoms with Gasteiger partial charge in [-0.25, -0.2) is 4.98 Å². The molecule has 50 heavy (non-hydrogen) atoms. The Labute approximate surface area is 292 Å². The van der Waals surface area contributed by atoms with Gasteiger partial charge in [-0.3, -0.25) is 4.98 Å². The molecule has 5 nitrogen and oxygen atoms in total. The highest BCUT2D eigenvalue weighted by molar-refractivity contribution is 6.06. The van der Waals surface area contributed by atoms with Crippen LogP contribution >= 0.6 is 0 Å². The molecule has 0 spiro atoms. The number of furan rings is 1. The summed E-state index contributed by atoms with van der Waals surface area (Å²) in [6.07, 6.45) is 1.83. The number of hydrogen-bond donors (Lipinski definition) is 1. The van der Waals surface area contributed by atoms with Gasteiger partial charge in [0.2, 0.25) is 0 Å². The van der Waals surface area contributed by atoms with E-state index in [2.05, 4.69) is 131 Å². The lowest BCUT2D eigenvalue weighted by atomic mass is 9.79. The van der Waals surface area contributed by atoms with E-state index in [4.69, 9.17) is 14.4 Å². The van der Waals surface area contributed by atoms with Crippen molar-refractivity contribution in [1.29, 1.82) is 0 Å². The highest BCUT2D eigenvalue weighted by Crippen LogP contribution is 2.44. The minimum atomic E-state index is -0.246. The number of pyridine rings is 1. The molecule has 0 fully saturated rings. The Morgan fingerprint density at radius 3 is 2.10 bits per heavy atom. The molecule has 0 radical (unpaired) electrons. The first-order valence-corrected chi connectivity index (χ1v) is 17.2. The molecule has 5 heteroatoms. The molecule has 0 bridgehead atoms. The minimum absolute atomic E-state index is 0.105. The van der Waals surface area contributed by atoms with Crippen molar-refractivity contribution in [2.45, 2.75) is 52.4 Å².